The number of benzene rings is 1. The Kier molecular flexibility index (Phi) is 5.81. The maximum absolute atomic E-state index is 9.88. The number of aliphatic hydroxyl groups is 1. The lowest BCUT2D eigenvalue weighted by atomic mass is 10.0. The largest absolute Gasteiger partial charge is 0.389 e. The molecule has 0 aliphatic rings. The van der Waals surface area contributed by atoms with Crippen molar-refractivity contribution in [3.05, 3.63) is 29.3 Å². The van der Waals surface area contributed by atoms with Gasteiger partial charge < -0.3 is 14.7 Å². The maximum atomic E-state index is 9.88. The van der Waals surface area contributed by atoms with Gasteiger partial charge in [-0.05, 0) is 32.9 Å². The van der Waals surface area contributed by atoms with E-state index in [9.17, 15) is 5.11 Å². The standard InChI is InChI=1S/C15H22N2O2/c1-5-17(11(2)10-19-4)15-8-13(9-16)6-7-14(15)12(3)18/h6-8,11-12,18H,5,10H2,1-4H3/t11?,12-/m0/s1. The Bertz CT molecular complexity index is 452. The summed E-state index contributed by atoms with van der Waals surface area (Å²) in [4.78, 5) is 2.15. The molecule has 1 unspecified atom stereocenters. The lowest BCUT2D eigenvalue weighted by Crippen LogP contribution is -2.37. The Morgan fingerprint density at radius 1 is 1.42 bits per heavy atom. The molecular formula is C15H22N2O2. The Morgan fingerprint density at radius 3 is 2.58 bits per heavy atom. The molecular weight excluding hydrogens is 240 g/mol. The van der Waals surface area contributed by atoms with Crippen LogP contribution in [0.2, 0.25) is 0 Å². The summed E-state index contributed by atoms with van der Waals surface area (Å²) in [5, 5.41) is 18.9. The Morgan fingerprint density at radius 2 is 2.11 bits per heavy atom. The van der Waals surface area contributed by atoms with Crippen LogP contribution in [0.25, 0.3) is 0 Å². The average Bonchev–Trinajstić information content (AvgIpc) is 2.39. The smallest absolute Gasteiger partial charge is 0.0992 e. The minimum absolute atomic E-state index is 0.182. The first-order chi connectivity index (χ1) is 9.04. The van der Waals surface area contributed by atoms with Crippen LogP contribution < -0.4 is 4.90 Å². The van der Waals surface area contributed by atoms with E-state index in [1.807, 2.05) is 12.1 Å². The van der Waals surface area contributed by atoms with E-state index >= 15 is 0 Å². The Balaban J connectivity index is 3.23. The third-order valence-corrected chi connectivity index (χ3v) is 3.20. The first kappa shape index (κ1) is 15.5. The number of likely N-dealkylation sites (N-methyl/N-ethyl adjacent to an activating group) is 1. The van der Waals surface area contributed by atoms with Crippen molar-refractivity contribution in [1.82, 2.24) is 0 Å². The number of hydrogen-bond acceptors (Lipinski definition) is 4. The van der Waals surface area contributed by atoms with Gasteiger partial charge in [-0.3, -0.25) is 0 Å². The molecule has 0 heterocycles. The summed E-state index contributed by atoms with van der Waals surface area (Å²) >= 11 is 0. The Hall–Kier alpha value is -1.57. The van der Waals surface area contributed by atoms with E-state index in [4.69, 9.17) is 10.00 Å². The Labute approximate surface area is 115 Å². The molecule has 0 saturated heterocycles. The highest BCUT2D eigenvalue weighted by atomic mass is 16.5. The number of aliphatic hydroxyl groups excluding tert-OH is 1. The van der Waals surface area contributed by atoms with Gasteiger partial charge in [0.05, 0.1) is 24.3 Å². The van der Waals surface area contributed by atoms with E-state index in [1.165, 1.54) is 0 Å². The molecule has 2 atom stereocenters. The normalized spacial score (nSPS) is 13.7. The highest BCUT2D eigenvalue weighted by Gasteiger charge is 2.18. The van der Waals surface area contributed by atoms with Crippen molar-refractivity contribution in [1.29, 1.82) is 5.26 Å². The summed E-state index contributed by atoms with van der Waals surface area (Å²) in [6.07, 6.45) is -0.563. The molecule has 1 N–H and O–H groups in total. The number of nitrogens with zero attached hydrogens (tertiary/aromatic N) is 2. The maximum Gasteiger partial charge on any atom is 0.0992 e. The molecule has 1 aromatic rings. The zero-order chi connectivity index (χ0) is 14.4. The van der Waals surface area contributed by atoms with Gasteiger partial charge in [-0.25, -0.2) is 0 Å². The second-order valence-electron chi connectivity index (χ2n) is 4.65. The van der Waals surface area contributed by atoms with Gasteiger partial charge in [0.2, 0.25) is 0 Å². The van der Waals surface area contributed by atoms with Crippen LogP contribution in [0.5, 0.6) is 0 Å². The third-order valence-electron chi connectivity index (χ3n) is 3.20. The number of rotatable bonds is 6. The monoisotopic (exact) mass is 262 g/mol. The molecule has 0 radical (unpaired) electrons. The zero-order valence-corrected chi connectivity index (χ0v) is 12.1. The van der Waals surface area contributed by atoms with E-state index in [0.717, 1.165) is 17.8 Å². The fourth-order valence-electron chi connectivity index (χ4n) is 2.27. The highest BCUT2D eigenvalue weighted by Crippen LogP contribution is 2.29. The van der Waals surface area contributed by atoms with Crippen molar-refractivity contribution in [3.63, 3.8) is 0 Å². The molecule has 1 rings (SSSR count). The number of ether oxygens (including phenoxy) is 1. The predicted molar refractivity (Wildman–Crippen MR) is 76.1 cm³/mol. The second-order valence-corrected chi connectivity index (χ2v) is 4.65. The van der Waals surface area contributed by atoms with Gasteiger partial charge in [0, 0.05) is 30.9 Å². The molecule has 4 heteroatoms. The average molecular weight is 262 g/mol. The van der Waals surface area contributed by atoms with Crippen molar-refractivity contribution in [3.8, 4) is 6.07 Å². The van der Waals surface area contributed by atoms with Crippen LogP contribution in [0.15, 0.2) is 18.2 Å². The van der Waals surface area contributed by atoms with Crippen LogP contribution >= 0.6 is 0 Å². The number of hydrogen-bond donors (Lipinski definition) is 1. The fraction of sp³-hybridized carbons (Fsp3) is 0.533. The van der Waals surface area contributed by atoms with Gasteiger partial charge in [0.15, 0.2) is 0 Å². The van der Waals surface area contributed by atoms with E-state index in [-0.39, 0.29) is 6.04 Å². The van der Waals surface area contributed by atoms with Gasteiger partial charge in [0.25, 0.3) is 0 Å². The molecule has 0 saturated carbocycles. The van der Waals surface area contributed by atoms with E-state index in [0.29, 0.717) is 12.2 Å². The minimum Gasteiger partial charge on any atom is -0.389 e. The number of nitriles is 1. The van der Waals surface area contributed by atoms with Crippen LogP contribution in [0, 0.1) is 11.3 Å². The first-order valence-corrected chi connectivity index (χ1v) is 6.52. The first-order valence-electron chi connectivity index (χ1n) is 6.52. The summed E-state index contributed by atoms with van der Waals surface area (Å²) < 4.78 is 5.20. The van der Waals surface area contributed by atoms with Crippen molar-refractivity contribution < 1.29 is 9.84 Å². The van der Waals surface area contributed by atoms with Crippen LogP contribution in [-0.2, 0) is 4.74 Å². The highest BCUT2D eigenvalue weighted by molar-refractivity contribution is 5.59. The zero-order valence-electron chi connectivity index (χ0n) is 12.1. The van der Waals surface area contributed by atoms with Gasteiger partial charge in [-0.2, -0.15) is 5.26 Å². The van der Waals surface area contributed by atoms with Crippen LogP contribution in [-0.4, -0.2) is 31.4 Å². The molecule has 0 fully saturated rings. The van der Waals surface area contributed by atoms with E-state index in [2.05, 4.69) is 24.8 Å². The van der Waals surface area contributed by atoms with Crippen LogP contribution in [0.3, 0.4) is 0 Å². The van der Waals surface area contributed by atoms with Crippen LogP contribution in [0.4, 0.5) is 5.69 Å². The van der Waals surface area contributed by atoms with Crippen molar-refractivity contribution in [2.75, 3.05) is 25.2 Å². The topological polar surface area (TPSA) is 56.5 Å². The number of methoxy groups -OCH3 is 1. The lowest BCUT2D eigenvalue weighted by Gasteiger charge is -2.32. The third kappa shape index (κ3) is 3.69. The quantitative estimate of drug-likeness (QED) is 0.855. The summed E-state index contributed by atoms with van der Waals surface area (Å²) in [6, 6.07) is 7.71. The predicted octanol–water partition coefficient (Wildman–Crippen LogP) is 2.47. The summed E-state index contributed by atoms with van der Waals surface area (Å²) in [5.74, 6) is 0. The molecule has 104 valence electrons. The molecule has 0 aromatic heterocycles. The molecule has 0 aliphatic carbocycles. The van der Waals surface area contributed by atoms with Crippen molar-refractivity contribution >= 4 is 5.69 Å². The van der Waals surface area contributed by atoms with E-state index in [1.54, 1.807) is 20.1 Å². The van der Waals surface area contributed by atoms with Crippen molar-refractivity contribution in [2.24, 2.45) is 0 Å². The molecule has 0 bridgehead atoms. The van der Waals surface area contributed by atoms with Crippen LogP contribution in [0.1, 0.15) is 38.0 Å². The van der Waals surface area contributed by atoms with E-state index < -0.39 is 6.10 Å². The fourth-order valence-corrected chi connectivity index (χ4v) is 2.27. The summed E-state index contributed by atoms with van der Waals surface area (Å²) in [5.41, 5.74) is 2.34. The van der Waals surface area contributed by atoms with Crippen molar-refractivity contribution in [2.45, 2.75) is 32.9 Å². The minimum atomic E-state index is -0.563. The lowest BCUT2D eigenvalue weighted by molar-refractivity contribution is 0.180. The SMILES string of the molecule is CCN(c1cc(C#N)ccc1[C@H](C)O)C(C)COC. The number of anilines is 1. The van der Waals surface area contributed by atoms with Gasteiger partial charge in [-0.15, -0.1) is 0 Å². The molecule has 1 aromatic carbocycles. The molecule has 4 nitrogen and oxygen atoms in total. The van der Waals surface area contributed by atoms with Gasteiger partial charge >= 0.3 is 0 Å². The molecule has 0 spiro atoms. The molecule has 19 heavy (non-hydrogen) atoms. The molecule has 0 aliphatic heterocycles. The summed E-state index contributed by atoms with van der Waals surface area (Å²) in [7, 11) is 1.67. The molecule has 0 amide bonds. The second kappa shape index (κ2) is 7.13. The van der Waals surface area contributed by atoms with Gasteiger partial charge in [-0.1, -0.05) is 6.07 Å². The summed E-state index contributed by atoms with van der Waals surface area (Å²) in [6.45, 7) is 7.25. The van der Waals surface area contributed by atoms with Gasteiger partial charge in [0.1, 0.15) is 0 Å².